The lowest BCUT2D eigenvalue weighted by Gasteiger charge is -2.24. The second-order valence-electron chi connectivity index (χ2n) is 6.04. The molecule has 1 aromatic carbocycles. The van der Waals surface area contributed by atoms with E-state index < -0.39 is 0 Å². The number of rotatable bonds is 4. The van der Waals surface area contributed by atoms with Crippen LogP contribution in [-0.4, -0.2) is 27.9 Å². The number of hydrogen-bond donors (Lipinski definition) is 2. The van der Waals surface area contributed by atoms with Crippen molar-refractivity contribution in [2.24, 2.45) is 0 Å². The van der Waals surface area contributed by atoms with Gasteiger partial charge in [-0.15, -0.1) is 11.8 Å². The second kappa shape index (κ2) is 7.59. The largest absolute Gasteiger partial charge is 0.383 e. The molecular weight excluding hydrogens is 344 g/mol. The molecule has 2 heterocycles. The second-order valence-corrected chi connectivity index (χ2v) is 7.79. The number of hydrogen-bond acceptors (Lipinski definition) is 5. The molecular formula is C17H21ClN4OS. The van der Waals surface area contributed by atoms with Gasteiger partial charge in [-0.1, -0.05) is 11.6 Å². The van der Waals surface area contributed by atoms with Crippen LogP contribution in [0.25, 0.3) is 0 Å². The molecule has 1 aliphatic rings. The third-order valence-electron chi connectivity index (χ3n) is 4.12. The molecule has 1 saturated heterocycles. The normalized spacial score (nSPS) is 15.6. The number of halogens is 1. The van der Waals surface area contributed by atoms with E-state index in [1.807, 2.05) is 23.9 Å². The van der Waals surface area contributed by atoms with Crippen molar-refractivity contribution < 1.29 is 0 Å². The molecule has 0 aliphatic carbocycles. The Morgan fingerprint density at radius 3 is 2.88 bits per heavy atom. The number of nitrogens with zero attached hydrogens (tertiary/aromatic N) is 2. The van der Waals surface area contributed by atoms with E-state index in [0.717, 1.165) is 37.1 Å². The molecule has 0 atom stereocenters. The zero-order valence-corrected chi connectivity index (χ0v) is 15.2. The predicted molar refractivity (Wildman–Crippen MR) is 99.9 cm³/mol. The van der Waals surface area contributed by atoms with Gasteiger partial charge < -0.3 is 11.1 Å². The van der Waals surface area contributed by atoms with Crippen LogP contribution in [0.3, 0.4) is 0 Å². The molecule has 128 valence electrons. The van der Waals surface area contributed by atoms with Gasteiger partial charge in [0.25, 0.3) is 0 Å². The van der Waals surface area contributed by atoms with Crippen molar-refractivity contribution in [3.63, 3.8) is 0 Å². The summed E-state index contributed by atoms with van der Waals surface area (Å²) in [5.74, 6) is 0.239. The van der Waals surface area contributed by atoms with E-state index in [0.29, 0.717) is 16.8 Å². The van der Waals surface area contributed by atoms with Gasteiger partial charge in [0, 0.05) is 21.4 Å². The summed E-state index contributed by atoms with van der Waals surface area (Å²) in [5, 5.41) is 4.67. The Hall–Kier alpha value is -1.50. The minimum absolute atomic E-state index is 0.239. The maximum absolute atomic E-state index is 12.0. The van der Waals surface area contributed by atoms with Crippen LogP contribution in [0.4, 0.5) is 5.82 Å². The maximum Gasteiger partial charge on any atom is 0.349 e. The van der Waals surface area contributed by atoms with Crippen molar-refractivity contribution in [2.45, 2.75) is 36.5 Å². The summed E-state index contributed by atoms with van der Waals surface area (Å²) < 4.78 is 1.56. The first-order valence-corrected chi connectivity index (χ1v) is 9.28. The Morgan fingerprint density at radius 1 is 1.42 bits per heavy atom. The number of nitrogen functional groups attached to an aromatic ring is 1. The van der Waals surface area contributed by atoms with E-state index in [1.54, 1.807) is 16.8 Å². The predicted octanol–water partition coefficient (Wildman–Crippen LogP) is 2.68. The highest BCUT2D eigenvalue weighted by Crippen LogP contribution is 2.35. The third-order valence-corrected chi connectivity index (χ3v) is 5.97. The number of aryl methyl sites for hydroxylation is 1. The Kier molecular flexibility index (Phi) is 5.48. The topological polar surface area (TPSA) is 72.9 Å². The van der Waals surface area contributed by atoms with E-state index in [-0.39, 0.29) is 11.5 Å². The van der Waals surface area contributed by atoms with E-state index in [1.165, 1.54) is 4.90 Å². The number of aromatic nitrogens is 2. The van der Waals surface area contributed by atoms with Gasteiger partial charge in [0.05, 0.1) is 6.54 Å². The van der Waals surface area contributed by atoms with Crippen LogP contribution in [0.2, 0.25) is 5.02 Å². The summed E-state index contributed by atoms with van der Waals surface area (Å²) in [5.41, 5.74) is 7.43. The van der Waals surface area contributed by atoms with Crippen molar-refractivity contribution in [2.75, 3.05) is 18.8 Å². The van der Waals surface area contributed by atoms with Gasteiger partial charge in [-0.25, -0.2) is 4.79 Å². The number of anilines is 1. The van der Waals surface area contributed by atoms with Gasteiger partial charge in [-0.3, -0.25) is 4.57 Å². The number of nitrogens with two attached hydrogens (primary N) is 1. The molecule has 0 saturated carbocycles. The van der Waals surface area contributed by atoms with Crippen molar-refractivity contribution >= 4 is 29.2 Å². The van der Waals surface area contributed by atoms with E-state index in [4.69, 9.17) is 17.3 Å². The van der Waals surface area contributed by atoms with Crippen LogP contribution in [0.15, 0.2) is 34.1 Å². The Bertz CT molecular complexity index is 787. The highest BCUT2D eigenvalue weighted by molar-refractivity contribution is 8.00. The zero-order chi connectivity index (χ0) is 17.1. The fourth-order valence-electron chi connectivity index (χ4n) is 2.91. The van der Waals surface area contributed by atoms with Gasteiger partial charge >= 0.3 is 5.69 Å². The van der Waals surface area contributed by atoms with E-state index in [2.05, 4.69) is 17.2 Å². The van der Waals surface area contributed by atoms with Crippen LogP contribution in [0.5, 0.6) is 0 Å². The van der Waals surface area contributed by atoms with E-state index >= 15 is 0 Å². The number of piperidine rings is 1. The first kappa shape index (κ1) is 17.3. The fraction of sp³-hybridized carbons (Fsp3) is 0.412. The molecule has 0 unspecified atom stereocenters. The molecule has 3 N–H and O–H groups in total. The molecule has 1 fully saturated rings. The molecule has 0 amide bonds. The standard InChI is InChI=1S/C17H21ClN4OS/c1-11-8-13(18)9-12(10-22-7-4-15(19)21-17(22)23)16(11)24-14-2-5-20-6-3-14/h4,7-9,14,20H,2-3,5-6,10H2,1H3,(H2,19,21,23). The summed E-state index contributed by atoms with van der Waals surface area (Å²) >= 11 is 8.15. The minimum atomic E-state index is -0.342. The molecule has 2 aromatic rings. The van der Waals surface area contributed by atoms with E-state index in [9.17, 15) is 4.79 Å². The van der Waals surface area contributed by atoms with Gasteiger partial charge in [0.1, 0.15) is 5.82 Å². The quantitative estimate of drug-likeness (QED) is 0.872. The number of thioether (sulfide) groups is 1. The molecule has 1 aromatic heterocycles. The maximum atomic E-state index is 12.0. The Labute approximate surface area is 150 Å². The summed E-state index contributed by atoms with van der Waals surface area (Å²) in [7, 11) is 0. The summed E-state index contributed by atoms with van der Waals surface area (Å²) in [4.78, 5) is 17.1. The van der Waals surface area contributed by atoms with Crippen LogP contribution in [-0.2, 0) is 6.54 Å². The molecule has 1 aliphatic heterocycles. The summed E-state index contributed by atoms with van der Waals surface area (Å²) in [6, 6.07) is 5.57. The molecule has 0 bridgehead atoms. The van der Waals surface area contributed by atoms with Crippen LogP contribution >= 0.6 is 23.4 Å². The van der Waals surface area contributed by atoms with Crippen molar-refractivity contribution in [1.82, 2.24) is 14.9 Å². The van der Waals surface area contributed by atoms with Crippen molar-refractivity contribution in [3.05, 3.63) is 51.0 Å². The first-order valence-electron chi connectivity index (χ1n) is 8.02. The highest BCUT2D eigenvalue weighted by Gasteiger charge is 2.18. The first-order chi connectivity index (χ1) is 11.5. The third kappa shape index (κ3) is 4.12. The smallest absolute Gasteiger partial charge is 0.349 e. The van der Waals surface area contributed by atoms with Gasteiger partial charge in [-0.2, -0.15) is 4.98 Å². The van der Waals surface area contributed by atoms with Crippen LogP contribution in [0.1, 0.15) is 24.0 Å². The van der Waals surface area contributed by atoms with Crippen molar-refractivity contribution in [3.8, 4) is 0 Å². The highest BCUT2D eigenvalue weighted by atomic mass is 35.5. The zero-order valence-electron chi connectivity index (χ0n) is 13.6. The number of nitrogens with one attached hydrogen (secondary N) is 1. The SMILES string of the molecule is Cc1cc(Cl)cc(Cn2ccc(N)nc2=O)c1SC1CCNCC1. The van der Waals surface area contributed by atoms with Gasteiger partial charge in [0.15, 0.2) is 0 Å². The molecule has 0 spiro atoms. The van der Waals surface area contributed by atoms with Gasteiger partial charge in [0.2, 0.25) is 0 Å². The molecule has 24 heavy (non-hydrogen) atoms. The molecule has 0 radical (unpaired) electrons. The lowest BCUT2D eigenvalue weighted by molar-refractivity contribution is 0.531. The molecule has 7 heteroatoms. The average Bonchev–Trinajstić information content (AvgIpc) is 2.54. The minimum Gasteiger partial charge on any atom is -0.383 e. The van der Waals surface area contributed by atoms with Gasteiger partial charge in [-0.05, 0) is 62.2 Å². The summed E-state index contributed by atoms with van der Waals surface area (Å²) in [6.07, 6.45) is 3.98. The monoisotopic (exact) mass is 364 g/mol. The number of benzene rings is 1. The van der Waals surface area contributed by atoms with Crippen LogP contribution < -0.4 is 16.7 Å². The van der Waals surface area contributed by atoms with Crippen molar-refractivity contribution in [1.29, 1.82) is 0 Å². The average molecular weight is 365 g/mol. The Morgan fingerprint density at radius 2 is 2.17 bits per heavy atom. The van der Waals surface area contributed by atoms with Crippen LogP contribution in [0, 0.1) is 6.92 Å². The lowest BCUT2D eigenvalue weighted by Crippen LogP contribution is -2.29. The lowest BCUT2D eigenvalue weighted by atomic mass is 10.1. The molecule has 3 rings (SSSR count). The molecule has 5 nitrogen and oxygen atoms in total. The Balaban J connectivity index is 1.91. The summed E-state index contributed by atoms with van der Waals surface area (Å²) in [6.45, 7) is 4.63. The fourth-order valence-corrected chi connectivity index (χ4v) is 4.53.